The maximum atomic E-state index is 11.9. The predicted molar refractivity (Wildman–Crippen MR) is 181 cm³/mol. The molecule has 1 N–H and O–H groups in total. The zero-order valence-electron chi connectivity index (χ0n) is 26.4. The summed E-state index contributed by atoms with van der Waals surface area (Å²) in [6.45, 7) is 1.67. The van der Waals surface area contributed by atoms with Crippen molar-refractivity contribution in [2.24, 2.45) is 0 Å². The molecule has 1 aliphatic heterocycles. The van der Waals surface area contributed by atoms with Gasteiger partial charge in [-0.05, 0) is 27.8 Å². The minimum atomic E-state index is -0.980. The predicted octanol–water partition coefficient (Wildman–Crippen LogP) is 7.46. The van der Waals surface area contributed by atoms with Gasteiger partial charge in [0.25, 0.3) is 0 Å². The molecule has 5 aromatic carbocycles. The maximum absolute atomic E-state index is 11.9. The average Bonchev–Trinajstić information content (AvgIpc) is 3.14. The topological polar surface area (TPSA) is 66.4 Å². The molecule has 1 heterocycles. The second-order valence-corrected chi connectivity index (χ2v) is 11.8. The summed E-state index contributed by atoms with van der Waals surface area (Å²) in [7, 11) is 0. The average molecular weight is 631 g/mol. The first kappa shape index (κ1) is 32.8. The van der Waals surface area contributed by atoms with Crippen molar-refractivity contribution in [1.82, 2.24) is 0 Å². The van der Waals surface area contributed by atoms with Gasteiger partial charge in [0.1, 0.15) is 36.6 Å². The van der Waals surface area contributed by atoms with Gasteiger partial charge >= 0.3 is 0 Å². The summed E-state index contributed by atoms with van der Waals surface area (Å²) in [5.74, 6) is 0. The third-order valence-electron chi connectivity index (χ3n) is 8.37. The van der Waals surface area contributed by atoms with E-state index in [0.717, 1.165) is 27.8 Å². The van der Waals surface area contributed by atoms with Crippen LogP contribution in [0.1, 0.15) is 33.9 Å². The van der Waals surface area contributed by atoms with E-state index in [4.69, 9.17) is 23.7 Å². The summed E-state index contributed by atoms with van der Waals surface area (Å²) >= 11 is 0. The van der Waals surface area contributed by atoms with E-state index in [2.05, 4.69) is 0 Å². The Morgan fingerprint density at radius 2 is 0.851 bits per heavy atom. The number of aliphatic hydroxyl groups is 1. The van der Waals surface area contributed by atoms with Crippen LogP contribution in [0.4, 0.5) is 0 Å². The Labute approximate surface area is 277 Å². The number of ether oxygens (including phenoxy) is 5. The van der Waals surface area contributed by atoms with Gasteiger partial charge < -0.3 is 28.8 Å². The van der Waals surface area contributed by atoms with Crippen molar-refractivity contribution in [3.05, 3.63) is 179 Å². The van der Waals surface area contributed by atoms with Crippen LogP contribution in [0.25, 0.3) is 0 Å². The lowest BCUT2D eigenvalue weighted by molar-refractivity contribution is -0.287. The number of hydrogen-bond donors (Lipinski definition) is 1. The molecule has 6 nitrogen and oxygen atoms in total. The number of rotatable bonds is 15. The summed E-state index contributed by atoms with van der Waals surface area (Å²) in [5, 5.41) is 11.9. The second-order valence-electron chi connectivity index (χ2n) is 11.8. The third-order valence-corrected chi connectivity index (χ3v) is 8.37. The van der Waals surface area contributed by atoms with E-state index in [1.54, 1.807) is 0 Å². The molecule has 0 spiro atoms. The first-order chi connectivity index (χ1) is 23.2. The third kappa shape index (κ3) is 9.24. The molecule has 5 aromatic rings. The largest absolute Gasteiger partial charge is 0.386 e. The fraction of sp³-hybridized carbons (Fsp3) is 0.268. The molecule has 6 atom stereocenters. The Balaban J connectivity index is 1.34. The molecule has 0 unspecified atom stereocenters. The molecule has 6 rings (SSSR count). The van der Waals surface area contributed by atoms with Gasteiger partial charge in [-0.1, -0.05) is 152 Å². The molecule has 1 fully saturated rings. The molecule has 1 saturated heterocycles. The molecule has 47 heavy (non-hydrogen) atoms. The second kappa shape index (κ2) is 17.1. The van der Waals surface area contributed by atoms with Crippen molar-refractivity contribution in [3.8, 4) is 0 Å². The first-order valence-electron chi connectivity index (χ1n) is 16.2. The fourth-order valence-corrected chi connectivity index (χ4v) is 5.92. The van der Waals surface area contributed by atoms with Gasteiger partial charge in [0, 0.05) is 0 Å². The lowest BCUT2D eigenvalue weighted by Gasteiger charge is -2.47. The minimum Gasteiger partial charge on any atom is -0.386 e. The molecule has 0 saturated carbocycles. The quantitative estimate of drug-likeness (QED) is 0.130. The smallest absolute Gasteiger partial charge is 0.117 e. The van der Waals surface area contributed by atoms with Crippen molar-refractivity contribution in [2.45, 2.75) is 63.1 Å². The van der Waals surface area contributed by atoms with Crippen LogP contribution in [0.15, 0.2) is 152 Å². The Hall–Kier alpha value is -4.14. The number of hydrogen-bond acceptors (Lipinski definition) is 6. The highest BCUT2D eigenvalue weighted by Gasteiger charge is 2.50. The van der Waals surface area contributed by atoms with Crippen molar-refractivity contribution >= 4 is 0 Å². The van der Waals surface area contributed by atoms with E-state index in [1.165, 1.54) is 0 Å². The standard InChI is InChI=1S/C41H42O6/c42-37(35-24-14-5-15-25-35)39-41(46-29-34-22-12-4-13-23-34)40(45-28-33-20-10-3-11-21-33)38(44-27-32-18-8-2-9-19-32)36(47-39)30-43-26-31-16-6-1-7-17-31/h1-25,36-42H,26-30H2/t36-,37+,38-,39+,40+,41+/m1/s1. The van der Waals surface area contributed by atoms with Crippen LogP contribution in [-0.2, 0) is 50.1 Å². The Kier molecular flexibility index (Phi) is 12.0. The van der Waals surface area contributed by atoms with Crippen LogP contribution in [0.2, 0.25) is 0 Å². The zero-order valence-corrected chi connectivity index (χ0v) is 26.4. The van der Waals surface area contributed by atoms with E-state index >= 15 is 0 Å². The van der Waals surface area contributed by atoms with Gasteiger partial charge in [0.05, 0.1) is 33.0 Å². The van der Waals surface area contributed by atoms with Crippen molar-refractivity contribution in [3.63, 3.8) is 0 Å². The minimum absolute atomic E-state index is 0.239. The van der Waals surface area contributed by atoms with Gasteiger partial charge in [0.15, 0.2) is 0 Å². The molecule has 0 bridgehead atoms. The first-order valence-corrected chi connectivity index (χ1v) is 16.2. The van der Waals surface area contributed by atoms with Gasteiger partial charge in [0.2, 0.25) is 0 Å². The molecule has 242 valence electrons. The lowest BCUT2D eigenvalue weighted by atomic mass is 9.89. The summed E-state index contributed by atoms with van der Waals surface area (Å²) in [5.41, 5.74) is 4.87. The summed E-state index contributed by atoms with van der Waals surface area (Å²) in [4.78, 5) is 0. The van der Waals surface area contributed by atoms with Crippen molar-refractivity contribution < 1.29 is 28.8 Å². The highest BCUT2D eigenvalue weighted by Crippen LogP contribution is 2.36. The van der Waals surface area contributed by atoms with E-state index in [-0.39, 0.29) is 6.61 Å². The monoisotopic (exact) mass is 630 g/mol. The lowest BCUT2D eigenvalue weighted by Crippen LogP contribution is -2.62. The Bertz CT molecular complexity index is 1570. The molecule has 6 heteroatoms. The summed E-state index contributed by atoms with van der Waals surface area (Å²) in [6.07, 6.45) is -4.11. The Morgan fingerprint density at radius 3 is 1.32 bits per heavy atom. The molecule has 0 aromatic heterocycles. The summed E-state index contributed by atoms with van der Waals surface area (Å²) in [6, 6.07) is 49.7. The van der Waals surface area contributed by atoms with Crippen LogP contribution in [0.5, 0.6) is 0 Å². The summed E-state index contributed by atoms with van der Waals surface area (Å²) < 4.78 is 33.3. The van der Waals surface area contributed by atoms with E-state index in [9.17, 15) is 5.11 Å². The fourth-order valence-electron chi connectivity index (χ4n) is 5.92. The molecule has 1 aliphatic rings. The maximum Gasteiger partial charge on any atom is 0.117 e. The van der Waals surface area contributed by atoms with E-state index in [1.807, 2.05) is 152 Å². The molecular formula is C41H42O6. The molecular weight excluding hydrogens is 588 g/mol. The Morgan fingerprint density at radius 1 is 0.468 bits per heavy atom. The highest BCUT2D eigenvalue weighted by molar-refractivity contribution is 5.21. The van der Waals surface area contributed by atoms with Crippen LogP contribution in [0.3, 0.4) is 0 Å². The number of benzene rings is 5. The SMILES string of the molecule is O[C@@H](c1ccccc1)[C@@H]1O[C@H](COCc2ccccc2)[C@@H](OCc2ccccc2)[C@H](OCc2ccccc2)[C@H]1OCc1ccccc1. The van der Waals surface area contributed by atoms with Crippen LogP contribution in [-0.4, -0.2) is 42.2 Å². The highest BCUT2D eigenvalue weighted by atomic mass is 16.6. The van der Waals surface area contributed by atoms with Crippen molar-refractivity contribution in [2.75, 3.05) is 6.61 Å². The number of aliphatic hydroxyl groups excluding tert-OH is 1. The van der Waals surface area contributed by atoms with Gasteiger partial charge in [-0.3, -0.25) is 0 Å². The molecule has 0 aliphatic carbocycles. The molecule has 0 radical (unpaired) electrons. The van der Waals surface area contributed by atoms with Crippen LogP contribution in [0, 0.1) is 0 Å². The normalized spacial score (nSPS) is 21.7. The van der Waals surface area contributed by atoms with Crippen LogP contribution >= 0.6 is 0 Å². The van der Waals surface area contributed by atoms with Gasteiger partial charge in [-0.25, -0.2) is 0 Å². The zero-order chi connectivity index (χ0) is 32.1. The van der Waals surface area contributed by atoms with Gasteiger partial charge in [-0.15, -0.1) is 0 Å². The van der Waals surface area contributed by atoms with Crippen LogP contribution < -0.4 is 0 Å². The molecule has 0 amide bonds. The van der Waals surface area contributed by atoms with E-state index in [0.29, 0.717) is 26.4 Å². The van der Waals surface area contributed by atoms with Gasteiger partial charge in [-0.2, -0.15) is 0 Å². The van der Waals surface area contributed by atoms with Crippen molar-refractivity contribution in [1.29, 1.82) is 0 Å². The van der Waals surface area contributed by atoms with E-state index < -0.39 is 36.6 Å².